The summed E-state index contributed by atoms with van der Waals surface area (Å²) in [5, 5.41) is 0.131. The zero-order valence-corrected chi connectivity index (χ0v) is 12.4. The van der Waals surface area contributed by atoms with E-state index in [1.807, 2.05) is 6.92 Å². The molecule has 0 amide bonds. The average Bonchev–Trinajstić information content (AvgIpc) is 2.37. The van der Waals surface area contributed by atoms with Gasteiger partial charge in [-0.25, -0.2) is 4.39 Å². The van der Waals surface area contributed by atoms with Gasteiger partial charge in [0.2, 0.25) is 0 Å². The summed E-state index contributed by atoms with van der Waals surface area (Å²) in [7, 11) is 0. The molecule has 0 saturated carbocycles. The summed E-state index contributed by atoms with van der Waals surface area (Å²) in [6.07, 6.45) is 0.571. The number of hydrogen-bond donors (Lipinski definition) is 2. The smallest absolute Gasteiger partial charge is 0.142 e. The molecule has 19 heavy (non-hydrogen) atoms. The van der Waals surface area contributed by atoms with E-state index >= 15 is 0 Å². The second kappa shape index (κ2) is 7.80. The van der Waals surface area contributed by atoms with Crippen LogP contribution in [0.3, 0.4) is 0 Å². The second-order valence-corrected chi connectivity index (χ2v) is 5.30. The minimum atomic E-state index is -0.410. The van der Waals surface area contributed by atoms with Crippen LogP contribution in [0.2, 0.25) is 5.02 Å². The molecule has 0 fully saturated rings. The van der Waals surface area contributed by atoms with E-state index in [9.17, 15) is 4.39 Å². The Morgan fingerprint density at radius 3 is 2.58 bits per heavy atom. The lowest BCUT2D eigenvalue weighted by Crippen LogP contribution is -2.48. The zero-order valence-electron chi connectivity index (χ0n) is 11.6. The van der Waals surface area contributed by atoms with Crippen LogP contribution in [-0.4, -0.2) is 18.8 Å². The van der Waals surface area contributed by atoms with E-state index in [2.05, 4.69) is 19.3 Å². The summed E-state index contributed by atoms with van der Waals surface area (Å²) in [5.41, 5.74) is 3.61. The molecular weight excluding hydrogens is 267 g/mol. The van der Waals surface area contributed by atoms with Gasteiger partial charge in [0.15, 0.2) is 0 Å². The molecule has 5 heteroatoms. The van der Waals surface area contributed by atoms with Gasteiger partial charge in [-0.3, -0.25) is 11.3 Å². The van der Waals surface area contributed by atoms with Crippen molar-refractivity contribution in [2.75, 3.05) is 6.61 Å². The van der Waals surface area contributed by atoms with E-state index in [0.717, 1.165) is 5.56 Å². The first-order valence-electron chi connectivity index (χ1n) is 6.51. The molecule has 0 spiro atoms. The van der Waals surface area contributed by atoms with Crippen molar-refractivity contribution >= 4 is 11.6 Å². The number of halogens is 2. The molecule has 0 aromatic heterocycles. The number of ether oxygens (including phenoxy) is 1. The van der Waals surface area contributed by atoms with Crippen molar-refractivity contribution in [1.29, 1.82) is 0 Å². The topological polar surface area (TPSA) is 47.3 Å². The normalized spacial score (nSPS) is 14.7. The van der Waals surface area contributed by atoms with Gasteiger partial charge in [0, 0.05) is 6.61 Å². The van der Waals surface area contributed by atoms with Crippen LogP contribution in [0.5, 0.6) is 0 Å². The molecule has 0 heterocycles. The molecule has 1 rings (SSSR count). The summed E-state index contributed by atoms with van der Waals surface area (Å²) in [4.78, 5) is 0. The molecule has 2 atom stereocenters. The van der Waals surface area contributed by atoms with Crippen LogP contribution in [0.4, 0.5) is 4.39 Å². The lowest BCUT2D eigenvalue weighted by Gasteiger charge is -2.29. The van der Waals surface area contributed by atoms with Gasteiger partial charge in [-0.05, 0) is 37.0 Å². The Bertz CT molecular complexity index is 401. The number of benzene rings is 1. The zero-order chi connectivity index (χ0) is 14.4. The first kappa shape index (κ1) is 16.4. The van der Waals surface area contributed by atoms with Crippen LogP contribution < -0.4 is 11.3 Å². The summed E-state index contributed by atoms with van der Waals surface area (Å²) >= 11 is 5.67. The number of hydrogen-bond acceptors (Lipinski definition) is 3. The van der Waals surface area contributed by atoms with E-state index in [4.69, 9.17) is 22.2 Å². The third-order valence-electron chi connectivity index (χ3n) is 3.07. The van der Waals surface area contributed by atoms with Crippen molar-refractivity contribution in [1.82, 2.24) is 5.43 Å². The van der Waals surface area contributed by atoms with E-state index in [0.29, 0.717) is 18.9 Å². The van der Waals surface area contributed by atoms with Crippen LogP contribution in [0.25, 0.3) is 0 Å². The highest BCUT2D eigenvalue weighted by atomic mass is 35.5. The Kier molecular flexibility index (Phi) is 6.72. The van der Waals surface area contributed by atoms with Crippen LogP contribution in [0, 0.1) is 11.7 Å². The molecule has 0 bridgehead atoms. The van der Waals surface area contributed by atoms with Gasteiger partial charge in [-0.1, -0.05) is 31.5 Å². The summed E-state index contributed by atoms with van der Waals surface area (Å²) in [6, 6.07) is 4.74. The lowest BCUT2D eigenvalue weighted by molar-refractivity contribution is 0.00354. The second-order valence-electron chi connectivity index (χ2n) is 4.89. The maximum atomic E-state index is 13.4. The van der Waals surface area contributed by atoms with Crippen LogP contribution in [0.1, 0.15) is 26.3 Å². The van der Waals surface area contributed by atoms with Crippen molar-refractivity contribution in [2.24, 2.45) is 11.8 Å². The third-order valence-corrected chi connectivity index (χ3v) is 3.37. The molecule has 0 aliphatic carbocycles. The van der Waals surface area contributed by atoms with Gasteiger partial charge in [0.1, 0.15) is 5.82 Å². The standard InChI is InChI=1S/C14H22ClFN2O/c1-4-19-14(9(2)3)13(18-17)8-10-5-6-11(15)12(16)7-10/h5-7,9,13-14,18H,4,8,17H2,1-3H3. The molecule has 2 unspecified atom stereocenters. The fourth-order valence-electron chi connectivity index (χ4n) is 2.16. The highest BCUT2D eigenvalue weighted by molar-refractivity contribution is 6.30. The summed E-state index contributed by atoms with van der Waals surface area (Å²) in [6.45, 7) is 6.72. The molecule has 108 valence electrons. The van der Waals surface area contributed by atoms with E-state index in [-0.39, 0.29) is 17.2 Å². The molecule has 1 aromatic carbocycles. The number of nitrogens with two attached hydrogens (primary N) is 1. The van der Waals surface area contributed by atoms with Gasteiger partial charge in [-0.2, -0.15) is 0 Å². The van der Waals surface area contributed by atoms with Crippen molar-refractivity contribution in [3.63, 3.8) is 0 Å². The largest absolute Gasteiger partial charge is 0.377 e. The Hall–Kier alpha value is -0.680. The molecule has 3 N–H and O–H groups in total. The van der Waals surface area contributed by atoms with Crippen molar-refractivity contribution < 1.29 is 9.13 Å². The minimum absolute atomic E-state index is 0.0197. The van der Waals surface area contributed by atoms with Crippen LogP contribution >= 0.6 is 11.6 Å². The number of hydrazine groups is 1. The van der Waals surface area contributed by atoms with Gasteiger partial charge in [-0.15, -0.1) is 0 Å². The predicted octanol–water partition coefficient (Wildman–Crippen LogP) is 2.91. The fourth-order valence-corrected chi connectivity index (χ4v) is 2.27. The van der Waals surface area contributed by atoms with Crippen molar-refractivity contribution in [2.45, 2.75) is 39.3 Å². The highest BCUT2D eigenvalue weighted by Crippen LogP contribution is 2.19. The van der Waals surface area contributed by atoms with Gasteiger partial charge in [0.05, 0.1) is 17.2 Å². The predicted molar refractivity (Wildman–Crippen MR) is 76.5 cm³/mol. The van der Waals surface area contributed by atoms with E-state index in [1.165, 1.54) is 6.07 Å². The monoisotopic (exact) mass is 288 g/mol. The Morgan fingerprint density at radius 1 is 1.42 bits per heavy atom. The van der Waals surface area contributed by atoms with Gasteiger partial charge >= 0.3 is 0 Å². The van der Waals surface area contributed by atoms with Crippen LogP contribution in [0.15, 0.2) is 18.2 Å². The van der Waals surface area contributed by atoms with Gasteiger partial charge in [0.25, 0.3) is 0 Å². The quantitative estimate of drug-likeness (QED) is 0.599. The highest BCUT2D eigenvalue weighted by Gasteiger charge is 2.24. The Balaban J connectivity index is 2.82. The number of rotatable bonds is 7. The van der Waals surface area contributed by atoms with E-state index in [1.54, 1.807) is 12.1 Å². The Labute approximate surface area is 119 Å². The molecule has 0 aliphatic rings. The lowest BCUT2D eigenvalue weighted by atomic mass is 9.94. The fraction of sp³-hybridized carbons (Fsp3) is 0.571. The summed E-state index contributed by atoms with van der Waals surface area (Å²) < 4.78 is 19.1. The minimum Gasteiger partial charge on any atom is -0.377 e. The number of nitrogens with one attached hydrogen (secondary N) is 1. The molecule has 1 aromatic rings. The van der Waals surface area contributed by atoms with E-state index < -0.39 is 5.82 Å². The summed E-state index contributed by atoms with van der Waals surface area (Å²) in [5.74, 6) is 5.52. The maximum Gasteiger partial charge on any atom is 0.142 e. The van der Waals surface area contributed by atoms with Crippen LogP contribution in [-0.2, 0) is 11.2 Å². The molecular formula is C14H22ClFN2O. The average molecular weight is 289 g/mol. The first-order chi connectivity index (χ1) is 8.99. The van der Waals surface area contributed by atoms with Crippen molar-refractivity contribution in [3.05, 3.63) is 34.6 Å². The van der Waals surface area contributed by atoms with Crippen molar-refractivity contribution in [3.8, 4) is 0 Å². The third kappa shape index (κ3) is 4.73. The first-order valence-corrected chi connectivity index (χ1v) is 6.89. The molecule has 0 aliphatic heterocycles. The SMILES string of the molecule is CCOC(C(C)C)C(Cc1ccc(Cl)c(F)c1)NN. The van der Waals surface area contributed by atoms with Gasteiger partial charge < -0.3 is 4.74 Å². The molecule has 0 saturated heterocycles. The maximum absolute atomic E-state index is 13.4. The molecule has 0 radical (unpaired) electrons. The Morgan fingerprint density at radius 2 is 2.11 bits per heavy atom. The molecule has 3 nitrogen and oxygen atoms in total.